The molecule has 0 aliphatic carbocycles. The van der Waals surface area contributed by atoms with Gasteiger partial charge < -0.3 is 15.3 Å². The van der Waals surface area contributed by atoms with E-state index in [2.05, 4.69) is 26.1 Å². The SMILES string of the molecule is CCN(CC(C)C(=O)O)C(=O)NCC(C)C(C)C. The van der Waals surface area contributed by atoms with Crippen LogP contribution in [0.1, 0.15) is 34.6 Å². The Morgan fingerprint density at radius 3 is 2.17 bits per heavy atom. The number of urea groups is 1. The molecule has 0 aromatic heterocycles. The van der Waals surface area contributed by atoms with Crippen LogP contribution >= 0.6 is 0 Å². The van der Waals surface area contributed by atoms with Crippen LogP contribution in [0.15, 0.2) is 0 Å². The smallest absolute Gasteiger partial charge is 0.317 e. The van der Waals surface area contributed by atoms with E-state index in [4.69, 9.17) is 5.11 Å². The lowest BCUT2D eigenvalue weighted by Crippen LogP contribution is -2.44. The molecule has 0 spiro atoms. The van der Waals surface area contributed by atoms with Gasteiger partial charge in [-0.05, 0) is 18.8 Å². The van der Waals surface area contributed by atoms with Crippen molar-refractivity contribution in [2.75, 3.05) is 19.6 Å². The Morgan fingerprint density at radius 2 is 1.78 bits per heavy atom. The summed E-state index contributed by atoms with van der Waals surface area (Å²) in [6, 6.07) is -0.182. The molecular formula is C13H26N2O3. The van der Waals surface area contributed by atoms with Gasteiger partial charge in [-0.15, -0.1) is 0 Å². The Labute approximate surface area is 110 Å². The van der Waals surface area contributed by atoms with Crippen LogP contribution < -0.4 is 5.32 Å². The molecule has 0 aromatic rings. The van der Waals surface area contributed by atoms with Crippen molar-refractivity contribution >= 4 is 12.0 Å². The van der Waals surface area contributed by atoms with Gasteiger partial charge in [-0.2, -0.15) is 0 Å². The van der Waals surface area contributed by atoms with Gasteiger partial charge in [-0.3, -0.25) is 4.79 Å². The van der Waals surface area contributed by atoms with E-state index >= 15 is 0 Å². The highest BCUT2D eigenvalue weighted by molar-refractivity contribution is 5.75. The zero-order valence-corrected chi connectivity index (χ0v) is 12.1. The van der Waals surface area contributed by atoms with Crippen LogP contribution in [0.4, 0.5) is 4.79 Å². The number of carboxylic acid groups (broad SMARTS) is 1. The minimum absolute atomic E-state index is 0.182. The van der Waals surface area contributed by atoms with Gasteiger partial charge in [0.15, 0.2) is 0 Å². The number of hydrogen-bond acceptors (Lipinski definition) is 2. The maximum atomic E-state index is 11.9. The third kappa shape index (κ3) is 5.89. The number of nitrogens with zero attached hydrogens (tertiary/aromatic N) is 1. The molecule has 0 rings (SSSR count). The summed E-state index contributed by atoms with van der Waals surface area (Å²) in [5, 5.41) is 11.7. The number of carbonyl (C=O) groups excluding carboxylic acids is 1. The molecule has 2 N–H and O–H groups in total. The largest absolute Gasteiger partial charge is 0.481 e. The maximum Gasteiger partial charge on any atom is 0.317 e. The van der Waals surface area contributed by atoms with Gasteiger partial charge in [-0.25, -0.2) is 4.79 Å². The number of carbonyl (C=O) groups is 2. The third-order valence-electron chi connectivity index (χ3n) is 3.30. The van der Waals surface area contributed by atoms with Gasteiger partial charge in [0.2, 0.25) is 0 Å². The van der Waals surface area contributed by atoms with E-state index in [1.165, 1.54) is 4.90 Å². The first kappa shape index (κ1) is 16.7. The first-order valence-corrected chi connectivity index (χ1v) is 6.55. The molecule has 0 fully saturated rings. The van der Waals surface area contributed by atoms with Gasteiger partial charge >= 0.3 is 12.0 Å². The first-order chi connectivity index (χ1) is 8.29. The van der Waals surface area contributed by atoms with Crippen molar-refractivity contribution in [3.05, 3.63) is 0 Å². The van der Waals surface area contributed by atoms with Crippen LogP contribution in [0.2, 0.25) is 0 Å². The Bertz CT molecular complexity index is 279. The van der Waals surface area contributed by atoms with Crippen molar-refractivity contribution in [2.24, 2.45) is 17.8 Å². The van der Waals surface area contributed by atoms with Gasteiger partial charge in [0.05, 0.1) is 5.92 Å². The van der Waals surface area contributed by atoms with Gasteiger partial charge in [0, 0.05) is 19.6 Å². The van der Waals surface area contributed by atoms with Gasteiger partial charge in [-0.1, -0.05) is 27.7 Å². The maximum absolute atomic E-state index is 11.9. The van der Waals surface area contributed by atoms with E-state index in [0.717, 1.165) is 0 Å². The van der Waals surface area contributed by atoms with E-state index in [9.17, 15) is 9.59 Å². The summed E-state index contributed by atoms with van der Waals surface area (Å²) in [7, 11) is 0. The van der Waals surface area contributed by atoms with Gasteiger partial charge in [0.1, 0.15) is 0 Å². The fourth-order valence-electron chi connectivity index (χ4n) is 1.36. The average Bonchev–Trinajstić information content (AvgIpc) is 2.31. The number of hydrogen-bond donors (Lipinski definition) is 2. The van der Waals surface area contributed by atoms with E-state index in [1.54, 1.807) is 6.92 Å². The lowest BCUT2D eigenvalue weighted by Gasteiger charge is -2.25. The lowest BCUT2D eigenvalue weighted by molar-refractivity contribution is -0.141. The van der Waals surface area contributed by atoms with Crippen molar-refractivity contribution < 1.29 is 14.7 Å². The topological polar surface area (TPSA) is 69.6 Å². The summed E-state index contributed by atoms with van der Waals surface area (Å²) in [6.07, 6.45) is 0. The standard InChI is InChI=1S/C13H26N2O3/c1-6-15(8-11(5)12(16)17)13(18)14-7-10(4)9(2)3/h9-11H,6-8H2,1-5H3,(H,14,18)(H,16,17). The lowest BCUT2D eigenvalue weighted by atomic mass is 9.98. The summed E-state index contributed by atoms with van der Waals surface area (Å²) >= 11 is 0. The molecule has 106 valence electrons. The van der Waals surface area contributed by atoms with Crippen molar-refractivity contribution in [1.82, 2.24) is 10.2 Å². The summed E-state index contributed by atoms with van der Waals surface area (Å²) < 4.78 is 0. The second-order valence-corrected chi connectivity index (χ2v) is 5.19. The average molecular weight is 258 g/mol. The van der Waals surface area contributed by atoms with E-state index in [1.807, 2.05) is 6.92 Å². The van der Waals surface area contributed by atoms with Crippen molar-refractivity contribution in [2.45, 2.75) is 34.6 Å². The zero-order valence-electron chi connectivity index (χ0n) is 12.1. The van der Waals surface area contributed by atoms with Crippen LogP contribution in [0.3, 0.4) is 0 Å². The molecule has 2 atom stereocenters. The van der Waals surface area contributed by atoms with Crippen LogP contribution in [0.25, 0.3) is 0 Å². The van der Waals surface area contributed by atoms with E-state index in [0.29, 0.717) is 24.9 Å². The Morgan fingerprint density at radius 1 is 1.22 bits per heavy atom. The number of nitrogens with one attached hydrogen (secondary N) is 1. The monoisotopic (exact) mass is 258 g/mol. The molecule has 0 saturated carbocycles. The highest BCUT2D eigenvalue weighted by atomic mass is 16.4. The number of carboxylic acids is 1. The second-order valence-electron chi connectivity index (χ2n) is 5.19. The minimum Gasteiger partial charge on any atom is -0.481 e. The summed E-state index contributed by atoms with van der Waals surface area (Å²) in [6.45, 7) is 11.1. The molecule has 0 aliphatic rings. The van der Waals surface area contributed by atoms with E-state index < -0.39 is 11.9 Å². The summed E-state index contributed by atoms with van der Waals surface area (Å²) in [5.74, 6) is -0.502. The fourth-order valence-corrected chi connectivity index (χ4v) is 1.36. The molecule has 18 heavy (non-hydrogen) atoms. The molecule has 0 radical (unpaired) electrons. The predicted octanol–water partition coefficient (Wildman–Crippen LogP) is 2.03. The molecule has 0 bridgehead atoms. The second kappa shape index (κ2) is 7.95. The Hall–Kier alpha value is -1.26. The summed E-state index contributed by atoms with van der Waals surface area (Å²) in [4.78, 5) is 24.2. The molecule has 0 saturated heterocycles. The zero-order chi connectivity index (χ0) is 14.3. The quantitative estimate of drug-likeness (QED) is 0.734. The molecule has 0 heterocycles. The number of amides is 2. The number of aliphatic carboxylic acids is 1. The Balaban J connectivity index is 4.23. The molecule has 2 unspecified atom stereocenters. The van der Waals surface area contributed by atoms with Crippen LogP contribution in [-0.2, 0) is 4.79 Å². The third-order valence-corrected chi connectivity index (χ3v) is 3.30. The van der Waals surface area contributed by atoms with Crippen molar-refractivity contribution in [3.8, 4) is 0 Å². The van der Waals surface area contributed by atoms with Crippen LogP contribution in [-0.4, -0.2) is 41.6 Å². The summed E-state index contributed by atoms with van der Waals surface area (Å²) in [5.41, 5.74) is 0. The highest BCUT2D eigenvalue weighted by Crippen LogP contribution is 2.08. The predicted molar refractivity (Wildman–Crippen MR) is 71.4 cm³/mol. The Kier molecular flexibility index (Phi) is 7.39. The fraction of sp³-hybridized carbons (Fsp3) is 0.846. The van der Waals surface area contributed by atoms with Crippen LogP contribution in [0, 0.1) is 17.8 Å². The van der Waals surface area contributed by atoms with Crippen LogP contribution in [0.5, 0.6) is 0 Å². The normalized spacial score (nSPS) is 14.1. The molecular weight excluding hydrogens is 232 g/mol. The van der Waals surface area contributed by atoms with E-state index in [-0.39, 0.29) is 12.6 Å². The van der Waals surface area contributed by atoms with Crippen molar-refractivity contribution in [3.63, 3.8) is 0 Å². The molecule has 0 aromatic carbocycles. The highest BCUT2D eigenvalue weighted by Gasteiger charge is 2.19. The number of rotatable bonds is 7. The van der Waals surface area contributed by atoms with Crippen molar-refractivity contribution in [1.29, 1.82) is 0 Å². The first-order valence-electron chi connectivity index (χ1n) is 6.55. The minimum atomic E-state index is -0.878. The van der Waals surface area contributed by atoms with Gasteiger partial charge in [0.25, 0.3) is 0 Å². The molecule has 2 amide bonds. The molecule has 5 nitrogen and oxygen atoms in total. The molecule has 0 aliphatic heterocycles. The molecule has 5 heteroatoms.